The van der Waals surface area contributed by atoms with Crippen molar-refractivity contribution in [3.8, 4) is 0 Å². The van der Waals surface area contributed by atoms with E-state index in [9.17, 15) is 4.79 Å². The summed E-state index contributed by atoms with van der Waals surface area (Å²) in [5.74, 6) is -0.215. The predicted octanol–water partition coefficient (Wildman–Crippen LogP) is 1.36. The summed E-state index contributed by atoms with van der Waals surface area (Å²) in [4.78, 5) is 15.1. The van der Waals surface area contributed by atoms with E-state index < -0.39 is 0 Å². The van der Waals surface area contributed by atoms with Gasteiger partial charge in [-0.2, -0.15) is 0 Å². The number of hydrogen-bond donors (Lipinski definition) is 0. The van der Waals surface area contributed by atoms with Crippen molar-refractivity contribution in [1.82, 2.24) is 4.98 Å². The molecule has 1 aromatic heterocycles. The van der Waals surface area contributed by atoms with Gasteiger partial charge in [-0.3, -0.25) is 9.78 Å². The Hall–Kier alpha value is -1.38. The third-order valence-corrected chi connectivity index (χ3v) is 1.82. The first-order valence-electron chi connectivity index (χ1n) is 4.27. The Labute approximate surface area is 77.8 Å². The largest absolute Gasteiger partial charge is 0.469 e. The van der Waals surface area contributed by atoms with Gasteiger partial charge in [-0.1, -0.05) is 6.92 Å². The topological polar surface area (TPSA) is 39.2 Å². The Morgan fingerprint density at radius 2 is 2.38 bits per heavy atom. The van der Waals surface area contributed by atoms with Crippen molar-refractivity contribution >= 4 is 5.97 Å². The molecule has 0 aliphatic heterocycles. The lowest BCUT2D eigenvalue weighted by Crippen LogP contribution is -2.05. The molecule has 13 heavy (non-hydrogen) atoms. The summed E-state index contributed by atoms with van der Waals surface area (Å²) < 4.78 is 4.57. The average Bonchev–Trinajstić information content (AvgIpc) is 2.18. The molecule has 0 N–H and O–H groups in total. The van der Waals surface area contributed by atoms with Crippen LogP contribution in [0.4, 0.5) is 0 Å². The third kappa shape index (κ3) is 2.86. The van der Waals surface area contributed by atoms with E-state index in [0.29, 0.717) is 6.42 Å². The normalized spacial score (nSPS) is 9.69. The Bertz CT molecular complexity index is 297. The van der Waals surface area contributed by atoms with Gasteiger partial charge >= 0.3 is 5.97 Å². The molecular weight excluding hydrogens is 166 g/mol. The van der Waals surface area contributed by atoms with Crippen LogP contribution < -0.4 is 0 Å². The number of pyridine rings is 1. The number of hydrogen-bond acceptors (Lipinski definition) is 3. The van der Waals surface area contributed by atoms with Crippen LogP contribution in [0, 0.1) is 0 Å². The molecule has 0 amide bonds. The number of ether oxygens (including phenoxy) is 1. The summed E-state index contributed by atoms with van der Waals surface area (Å²) in [6.07, 6.45) is 2.93. The second kappa shape index (κ2) is 4.60. The van der Waals surface area contributed by atoms with Crippen molar-refractivity contribution in [3.63, 3.8) is 0 Å². The molecule has 1 aromatic rings. The van der Waals surface area contributed by atoms with Crippen LogP contribution in [0.25, 0.3) is 0 Å². The van der Waals surface area contributed by atoms with Gasteiger partial charge in [-0.25, -0.2) is 0 Å². The zero-order valence-corrected chi connectivity index (χ0v) is 7.91. The first kappa shape index (κ1) is 9.71. The number of aryl methyl sites for hydroxylation is 1. The molecule has 3 nitrogen and oxygen atoms in total. The molecule has 0 fully saturated rings. The van der Waals surface area contributed by atoms with Gasteiger partial charge in [0.2, 0.25) is 0 Å². The molecule has 0 spiro atoms. The van der Waals surface area contributed by atoms with Crippen molar-refractivity contribution < 1.29 is 9.53 Å². The van der Waals surface area contributed by atoms with Gasteiger partial charge in [0.1, 0.15) is 0 Å². The highest BCUT2D eigenvalue weighted by atomic mass is 16.5. The van der Waals surface area contributed by atoms with E-state index in [4.69, 9.17) is 0 Å². The Balaban J connectivity index is 2.71. The highest BCUT2D eigenvalue weighted by Gasteiger charge is 2.02. The van der Waals surface area contributed by atoms with Gasteiger partial charge in [0.25, 0.3) is 0 Å². The molecule has 1 rings (SSSR count). The first-order valence-corrected chi connectivity index (χ1v) is 4.27. The number of methoxy groups -OCH3 is 1. The lowest BCUT2D eigenvalue weighted by molar-refractivity contribution is -0.139. The van der Waals surface area contributed by atoms with Crippen LogP contribution in [0.3, 0.4) is 0 Å². The van der Waals surface area contributed by atoms with Crippen LogP contribution in [0.1, 0.15) is 18.2 Å². The lowest BCUT2D eigenvalue weighted by atomic mass is 10.1. The molecule has 0 aromatic carbocycles. The highest BCUT2D eigenvalue weighted by Crippen LogP contribution is 2.03. The smallest absolute Gasteiger partial charge is 0.309 e. The van der Waals surface area contributed by atoms with Crippen LogP contribution in [0.5, 0.6) is 0 Å². The van der Waals surface area contributed by atoms with Crippen LogP contribution in [0.15, 0.2) is 18.3 Å². The molecule has 0 bridgehead atoms. The summed E-state index contributed by atoms with van der Waals surface area (Å²) in [6, 6.07) is 3.76. The van der Waals surface area contributed by atoms with E-state index in [0.717, 1.165) is 17.7 Å². The number of carbonyl (C=O) groups excluding carboxylic acids is 1. The van der Waals surface area contributed by atoms with Gasteiger partial charge in [-0.05, 0) is 24.1 Å². The molecule has 1 heterocycles. The first-order chi connectivity index (χ1) is 6.26. The van der Waals surface area contributed by atoms with Crippen molar-refractivity contribution in [1.29, 1.82) is 0 Å². The molecule has 0 aliphatic rings. The minimum absolute atomic E-state index is 0.215. The van der Waals surface area contributed by atoms with Gasteiger partial charge in [0.15, 0.2) is 0 Å². The summed E-state index contributed by atoms with van der Waals surface area (Å²) in [5, 5.41) is 0. The van der Waals surface area contributed by atoms with E-state index in [1.165, 1.54) is 7.11 Å². The molecule has 3 heteroatoms. The monoisotopic (exact) mass is 179 g/mol. The Morgan fingerprint density at radius 3 is 3.00 bits per heavy atom. The predicted molar refractivity (Wildman–Crippen MR) is 49.3 cm³/mol. The van der Waals surface area contributed by atoms with Gasteiger partial charge in [-0.15, -0.1) is 0 Å². The van der Waals surface area contributed by atoms with Crippen molar-refractivity contribution in [3.05, 3.63) is 29.6 Å². The van der Waals surface area contributed by atoms with Crippen molar-refractivity contribution in [2.24, 2.45) is 0 Å². The highest BCUT2D eigenvalue weighted by molar-refractivity contribution is 5.72. The second-order valence-electron chi connectivity index (χ2n) is 2.76. The summed E-state index contributed by atoms with van der Waals surface area (Å²) >= 11 is 0. The van der Waals surface area contributed by atoms with Crippen molar-refractivity contribution in [2.45, 2.75) is 19.8 Å². The molecule has 0 saturated heterocycles. The minimum Gasteiger partial charge on any atom is -0.469 e. The van der Waals surface area contributed by atoms with E-state index in [1.807, 2.05) is 19.1 Å². The molecule has 0 saturated carbocycles. The van der Waals surface area contributed by atoms with E-state index in [1.54, 1.807) is 6.20 Å². The van der Waals surface area contributed by atoms with Crippen LogP contribution in [-0.2, 0) is 22.4 Å². The fourth-order valence-corrected chi connectivity index (χ4v) is 1.07. The molecule has 0 unspecified atom stereocenters. The second-order valence-corrected chi connectivity index (χ2v) is 2.76. The fraction of sp³-hybridized carbons (Fsp3) is 0.400. The summed E-state index contributed by atoms with van der Waals surface area (Å²) in [6.45, 7) is 2.03. The number of aromatic nitrogens is 1. The quantitative estimate of drug-likeness (QED) is 0.658. The zero-order valence-electron chi connectivity index (χ0n) is 7.91. The number of carbonyl (C=O) groups is 1. The zero-order chi connectivity index (χ0) is 9.68. The Morgan fingerprint density at radius 1 is 1.62 bits per heavy atom. The van der Waals surface area contributed by atoms with E-state index in [2.05, 4.69) is 9.72 Å². The summed E-state index contributed by atoms with van der Waals surface area (Å²) in [5.41, 5.74) is 1.96. The maximum atomic E-state index is 10.9. The SMILES string of the molecule is CCc1cc(CC(=O)OC)ccn1. The van der Waals surface area contributed by atoms with Crippen LogP contribution in [-0.4, -0.2) is 18.1 Å². The maximum absolute atomic E-state index is 10.9. The Kier molecular flexibility index (Phi) is 3.43. The third-order valence-electron chi connectivity index (χ3n) is 1.82. The van der Waals surface area contributed by atoms with Crippen molar-refractivity contribution in [2.75, 3.05) is 7.11 Å². The molecule has 70 valence electrons. The lowest BCUT2D eigenvalue weighted by Gasteiger charge is -2.01. The van der Waals surface area contributed by atoms with Crippen LogP contribution in [0.2, 0.25) is 0 Å². The van der Waals surface area contributed by atoms with E-state index >= 15 is 0 Å². The molecule has 0 radical (unpaired) electrons. The van der Waals surface area contributed by atoms with Gasteiger partial charge < -0.3 is 4.74 Å². The number of esters is 1. The number of rotatable bonds is 3. The van der Waals surface area contributed by atoms with Gasteiger partial charge in [0, 0.05) is 11.9 Å². The molecule has 0 aliphatic carbocycles. The maximum Gasteiger partial charge on any atom is 0.309 e. The summed E-state index contributed by atoms with van der Waals surface area (Å²) in [7, 11) is 1.39. The average molecular weight is 179 g/mol. The van der Waals surface area contributed by atoms with Crippen LogP contribution >= 0.6 is 0 Å². The van der Waals surface area contributed by atoms with E-state index in [-0.39, 0.29) is 5.97 Å². The minimum atomic E-state index is -0.215. The fourth-order valence-electron chi connectivity index (χ4n) is 1.07. The van der Waals surface area contributed by atoms with Gasteiger partial charge in [0.05, 0.1) is 13.5 Å². The molecular formula is C10H13NO2. The number of nitrogens with zero attached hydrogens (tertiary/aromatic N) is 1. The molecule has 0 atom stereocenters. The standard InChI is InChI=1S/C10H13NO2/c1-3-9-6-8(4-5-11-9)7-10(12)13-2/h4-6H,3,7H2,1-2H3.